The molecule has 0 aromatic heterocycles. The minimum atomic E-state index is -0.776. The summed E-state index contributed by atoms with van der Waals surface area (Å²) in [7, 11) is 2.99. The van der Waals surface area contributed by atoms with Crippen molar-refractivity contribution in [3.05, 3.63) is 33.9 Å². The molecule has 1 unspecified atom stereocenters. The van der Waals surface area contributed by atoms with Crippen LogP contribution in [0.4, 0.5) is 5.69 Å². The Morgan fingerprint density at radius 1 is 1.53 bits per heavy atom. The molecule has 104 valence electrons. The number of nitro benzene ring substituents is 1. The lowest BCUT2D eigenvalue weighted by Crippen LogP contribution is -2.25. The molecule has 1 aromatic carbocycles. The van der Waals surface area contributed by atoms with Gasteiger partial charge < -0.3 is 14.8 Å². The number of esters is 1. The molecule has 19 heavy (non-hydrogen) atoms. The van der Waals surface area contributed by atoms with Gasteiger partial charge in [-0.3, -0.25) is 10.1 Å². The maximum Gasteiger partial charge on any atom is 0.346 e. The maximum atomic E-state index is 11.3. The Bertz CT molecular complexity index is 475. The molecule has 1 N–H and O–H groups in total. The Kier molecular flexibility index (Phi) is 5.25. The number of hydrogen-bond acceptors (Lipinski definition) is 6. The number of ether oxygens (including phenoxy) is 2. The Labute approximate surface area is 110 Å². The molecule has 0 bridgehead atoms. The summed E-state index contributed by atoms with van der Waals surface area (Å²) < 4.78 is 10.0. The SMILES string of the molecule is CNCc1cc([N+](=O)[O-])ccc1OC(C)C(=O)OC. The van der Waals surface area contributed by atoms with E-state index in [2.05, 4.69) is 10.1 Å². The van der Waals surface area contributed by atoms with E-state index in [1.165, 1.54) is 25.3 Å². The summed E-state index contributed by atoms with van der Waals surface area (Å²) in [4.78, 5) is 21.5. The molecule has 0 fully saturated rings. The first-order valence-corrected chi connectivity index (χ1v) is 5.66. The molecular weight excluding hydrogens is 252 g/mol. The highest BCUT2D eigenvalue weighted by molar-refractivity contribution is 5.74. The van der Waals surface area contributed by atoms with E-state index in [4.69, 9.17) is 4.74 Å². The van der Waals surface area contributed by atoms with Gasteiger partial charge in [0.2, 0.25) is 0 Å². The molecule has 0 radical (unpaired) electrons. The first kappa shape index (κ1) is 14.9. The van der Waals surface area contributed by atoms with Gasteiger partial charge in [-0.15, -0.1) is 0 Å². The quantitative estimate of drug-likeness (QED) is 0.474. The van der Waals surface area contributed by atoms with Gasteiger partial charge in [-0.05, 0) is 20.0 Å². The van der Waals surface area contributed by atoms with E-state index in [1.807, 2.05) is 0 Å². The van der Waals surface area contributed by atoms with E-state index in [9.17, 15) is 14.9 Å². The molecule has 1 aromatic rings. The van der Waals surface area contributed by atoms with Crippen LogP contribution in [0.15, 0.2) is 18.2 Å². The monoisotopic (exact) mass is 268 g/mol. The van der Waals surface area contributed by atoms with E-state index in [-0.39, 0.29) is 5.69 Å². The highest BCUT2D eigenvalue weighted by Crippen LogP contribution is 2.25. The molecule has 0 aliphatic carbocycles. The Morgan fingerprint density at radius 3 is 2.74 bits per heavy atom. The molecule has 0 aliphatic heterocycles. The van der Waals surface area contributed by atoms with Crippen LogP contribution in [0.25, 0.3) is 0 Å². The first-order chi connectivity index (χ1) is 8.99. The fourth-order valence-electron chi connectivity index (χ4n) is 1.53. The minimum Gasteiger partial charge on any atom is -0.479 e. The van der Waals surface area contributed by atoms with Gasteiger partial charge in [0.25, 0.3) is 5.69 Å². The van der Waals surface area contributed by atoms with Gasteiger partial charge in [0, 0.05) is 24.2 Å². The van der Waals surface area contributed by atoms with Gasteiger partial charge in [-0.25, -0.2) is 4.79 Å². The van der Waals surface area contributed by atoms with Gasteiger partial charge in [0.1, 0.15) is 5.75 Å². The number of nitro groups is 1. The molecule has 0 saturated heterocycles. The van der Waals surface area contributed by atoms with Crippen molar-refractivity contribution in [3.8, 4) is 5.75 Å². The van der Waals surface area contributed by atoms with E-state index in [0.29, 0.717) is 17.9 Å². The number of hydrogen-bond donors (Lipinski definition) is 1. The third-order valence-electron chi connectivity index (χ3n) is 2.46. The third kappa shape index (κ3) is 3.92. The van der Waals surface area contributed by atoms with E-state index in [0.717, 1.165) is 0 Å². The van der Waals surface area contributed by atoms with Crippen LogP contribution >= 0.6 is 0 Å². The van der Waals surface area contributed by atoms with Crippen molar-refractivity contribution in [2.45, 2.75) is 19.6 Å². The van der Waals surface area contributed by atoms with Crippen LogP contribution in [-0.4, -0.2) is 31.2 Å². The predicted molar refractivity (Wildman–Crippen MR) is 68.0 cm³/mol. The van der Waals surface area contributed by atoms with Crippen molar-refractivity contribution >= 4 is 11.7 Å². The normalized spacial score (nSPS) is 11.7. The number of carbonyl (C=O) groups excluding carboxylic acids is 1. The van der Waals surface area contributed by atoms with E-state index < -0.39 is 17.0 Å². The Hall–Kier alpha value is -2.15. The fraction of sp³-hybridized carbons (Fsp3) is 0.417. The lowest BCUT2D eigenvalue weighted by Gasteiger charge is -2.15. The zero-order valence-corrected chi connectivity index (χ0v) is 11.0. The number of non-ortho nitro benzene ring substituents is 1. The summed E-state index contributed by atoms with van der Waals surface area (Å²) in [6, 6.07) is 4.22. The topological polar surface area (TPSA) is 90.7 Å². The standard InChI is InChI=1S/C12H16N2O5/c1-8(12(15)18-3)19-11-5-4-10(14(16)17)6-9(11)7-13-2/h4-6,8,13H,7H2,1-3H3. The van der Waals surface area contributed by atoms with Gasteiger partial charge in [-0.2, -0.15) is 0 Å². The fourth-order valence-corrected chi connectivity index (χ4v) is 1.53. The molecule has 0 saturated carbocycles. The van der Waals surface area contributed by atoms with Crippen LogP contribution in [0.1, 0.15) is 12.5 Å². The van der Waals surface area contributed by atoms with Crippen LogP contribution in [0.2, 0.25) is 0 Å². The summed E-state index contributed by atoms with van der Waals surface area (Å²) in [5, 5.41) is 13.6. The molecule has 0 aliphatic rings. The second-order valence-corrected chi connectivity index (χ2v) is 3.86. The van der Waals surface area contributed by atoms with Crippen molar-refractivity contribution in [1.82, 2.24) is 5.32 Å². The Morgan fingerprint density at radius 2 is 2.21 bits per heavy atom. The largest absolute Gasteiger partial charge is 0.479 e. The highest BCUT2D eigenvalue weighted by atomic mass is 16.6. The van der Waals surface area contributed by atoms with Crippen LogP contribution in [0.5, 0.6) is 5.75 Å². The summed E-state index contributed by atoms with van der Waals surface area (Å²) in [5.74, 6) is -0.0911. The summed E-state index contributed by atoms with van der Waals surface area (Å²) in [6.45, 7) is 1.95. The zero-order chi connectivity index (χ0) is 14.4. The molecule has 1 atom stereocenters. The minimum absolute atomic E-state index is 0.0247. The third-order valence-corrected chi connectivity index (χ3v) is 2.46. The Balaban J connectivity index is 2.99. The van der Waals surface area contributed by atoms with Crippen molar-refractivity contribution < 1.29 is 19.2 Å². The van der Waals surface area contributed by atoms with Crippen LogP contribution in [0.3, 0.4) is 0 Å². The number of nitrogens with zero attached hydrogens (tertiary/aromatic N) is 1. The first-order valence-electron chi connectivity index (χ1n) is 5.66. The lowest BCUT2D eigenvalue weighted by molar-refractivity contribution is -0.384. The summed E-state index contributed by atoms with van der Waals surface area (Å²) >= 11 is 0. The van der Waals surface area contributed by atoms with Gasteiger partial charge in [0.15, 0.2) is 6.10 Å². The van der Waals surface area contributed by atoms with Crippen molar-refractivity contribution in [2.24, 2.45) is 0 Å². The van der Waals surface area contributed by atoms with E-state index in [1.54, 1.807) is 14.0 Å². The number of carbonyl (C=O) groups is 1. The summed E-state index contributed by atoms with van der Waals surface area (Å²) in [6.07, 6.45) is -0.776. The van der Waals surface area contributed by atoms with Crippen LogP contribution in [-0.2, 0) is 16.1 Å². The van der Waals surface area contributed by atoms with Gasteiger partial charge in [-0.1, -0.05) is 0 Å². The molecule has 0 amide bonds. The zero-order valence-electron chi connectivity index (χ0n) is 11.0. The molecule has 1 rings (SSSR count). The smallest absolute Gasteiger partial charge is 0.346 e. The number of nitrogens with one attached hydrogen (secondary N) is 1. The van der Waals surface area contributed by atoms with E-state index >= 15 is 0 Å². The van der Waals surface area contributed by atoms with Crippen LogP contribution in [0, 0.1) is 10.1 Å². The van der Waals surface area contributed by atoms with Gasteiger partial charge >= 0.3 is 5.97 Å². The maximum absolute atomic E-state index is 11.3. The average Bonchev–Trinajstić information content (AvgIpc) is 2.39. The summed E-state index contributed by atoms with van der Waals surface area (Å²) in [5.41, 5.74) is 0.579. The highest BCUT2D eigenvalue weighted by Gasteiger charge is 2.18. The van der Waals surface area contributed by atoms with Crippen molar-refractivity contribution in [1.29, 1.82) is 0 Å². The molecule has 0 heterocycles. The molecule has 7 heteroatoms. The lowest BCUT2D eigenvalue weighted by atomic mass is 10.1. The predicted octanol–water partition coefficient (Wildman–Crippen LogP) is 1.25. The van der Waals surface area contributed by atoms with Gasteiger partial charge in [0.05, 0.1) is 12.0 Å². The molecule has 0 spiro atoms. The second-order valence-electron chi connectivity index (χ2n) is 3.86. The molecular formula is C12H16N2O5. The second kappa shape index (κ2) is 6.69. The number of benzene rings is 1. The number of methoxy groups -OCH3 is 1. The average molecular weight is 268 g/mol. The molecule has 7 nitrogen and oxygen atoms in total. The van der Waals surface area contributed by atoms with Crippen molar-refractivity contribution in [3.63, 3.8) is 0 Å². The van der Waals surface area contributed by atoms with Crippen molar-refractivity contribution in [2.75, 3.05) is 14.2 Å². The van der Waals surface area contributed by atoms with Crippen LogP contribution < -0.4 is 10.1 Å². The number of rotatable bonds is 6.